The normalized spacial score (nSPS) is 15.8. The van der Waals surface area contributed by atoms with Crippen LogP contribution in [0, 0.1) is 19.7 Å². The summed E-state index contributed by atoms with van der Waals surface area (Å²) in [7, 11) is 0. The molecule has 0 saturated carbocycles. The Hall–Kier alpha value is -2.42. The van der Waals surface area contributed by atoms with Crippen LogP contribution in [0.3, 0.4) is 0 Å². The van der Waals surface area contributed by atoms with Crippen LogP contribution >= 0.6 is 0 Å². The number of fused-ring (bicyclic) bond motifs is 1. The Morgan fingerprint density at radius 2 is 1.86 bits per heavy atom. The maximum absolute atomic E-state index is 12.9. The maximum atomic E-state index is 12.9. The van der Waals surface area contributed by atoms with E-state index in [4.69, 9.17) is 4.74 Å². The fourth-order valence-corrected chi connectivity index (χ4v) is 2.58. The third-order valence-electron chi connectivity index (χ3n) is 3.56. The summed E-state index contributed by atoms with van der Waals surface area (Å²) in [6, 6.07) is 9.91. The molecule has 0 radical (unpaired) electrons. The van der Waals surface area contributed by atoms with Crippen LogP contribution < -0.4 is 4.74 Å². The lowest BCUT2D eigenvalue weighted by Crippen LogP contribution is -2.20. The first-order chi connectivity index (χ1) is 10.0. The molecule has 0 fully saturated rings. The average Bonchev–Trinajstić information content (AvgIpc) is 2.43. The van der Waals surface area contributed by atoms with Crippen molar-refractivity contribution in [2.45, 2.75) is 13.8 Å². The lowest BCUT2D eigenvalue weighted by molar-refractivity contribution is 0.1000. The van der Waals surface area contributed by atoms with Crippen molar-refractivity contribution in [1.29, 1.82) is 0 Å². The Bertz CT molecular complexity index is 743. The van der Waals surface area contributed by atoms with E-state index >= 15 is 0 Å². The third kappa shape index (κ3) is 2.59. The molecular weight excluding hydrogens is 267 g/mol. The number of hydrogen-bond acceptors (Lipinski definition) is 2. The minimum atomic E-state index is -0.292. The Balaban J connectivity index is 2.01. The zero-order valence-corrected chi connectivity index (χ0v) is 11.9. The zero-order chi connectivity index (χ0) is 15.0. The van der Waals surface area contributed by atoms with Gasteiger partial charge in [0.1, 0.15) is 18.2 Å². The molecule has 21 heavy (non-hydrogen) atoms. The second kappa shape index (κ2) is 5.17. The number of rotatable bonds is 1. The summed E-state index contributed by atoms with van der Waals surface area (Å²) in [4.78, 5) is 12.6. The molecule has 1 aliphatic rings. The number of carbonyl (C=O) groups excluding carboxylic acids is 1. The van der Waals surface area contributed by atoms with Gasteiger partial charge in [-0.15, -0.1) is 0 Å². The van der Waals surface area contributed by atoms with E-state index in [0.717, 1.165) is 16.7 Å². The first-order valence-electron chi connectivity index (χ1n) is 6.79. The smallest absolute Gasteiger partial charge is 0.196 e. The summed E-state index contributed by atoms with van der Waals surface area (Å²) in [5.41, 5.74) is 3.99. The number of hydrogen-bond donors (Lipinski definition) is 0. The van der Waals surface area contributed by atoms with Crippen LogP contribution in [-0.2, 0) is 0 Å². The van der Waals surface area contributed by atoms with Crippen molar-refractivity contribution >= 4 is 11.9 Å². The van der Waals surface area contributed by atoms with Crippen LogP contribution in [0.2, 0.25) is 0 Å². The molecule has 2 nitrogen and oxygen atoms in total. The fraction of sp³-hybridized carbons (Fsp3) is 0.167. The fourth-order valence-electron chi connectivity index (χ4n) is 2.58. The molecule has 2 aromatic carbocycles. The molecule has 0 amide bonds. The van der Waals surface area contributed by atoms with Gasteiger partial charge in [-0.2, -0.15) is 0 Å². The van der Waals surface area contributed by atoms with Crippen LogP contribution in [0.5, 0.6) is 5.75 Å². The highest BCUT2D eigenvalue weighted by Gasteiger charge is 2.25. The van der Waals surface area contributed by atoms with Gasteiger partial charge in [0.2, 0.25) is 0 Å². The average molecular weight is 282 g/mol. The van der Waals surface area contributed by atoms with Crippen molar-refractivity contribution in [2.24, 2.45) is 0 Å². The Labute approximate surface area is 122 Å². The molecule has 3 rings (SSSR count). The molecule has 3 heteroatoms. The summed E-state index contributed by atoms with van der Waals surface area (Å²) in [6.07, 6.45) is 1.75. The number of carbonyl (C=O) groups is 1. The molecule has 1 heterocycles. The highest BCUT2D eigenvalue weighted by atomic mass is 19.1. The van der Waals surface area contributed by atoms with Gasteiger partial charge in [0.05, 0.1) is 5.56 Å². The van der Waals surface area contributed by atoms with Gasteiger partial charge in [-0.3, -0.25) is 4.79 Å². The van der Waals surface area contributed by atoms with E-state index in [0.29, 0.717) is 16.9 Å². The van der Waals surface area contributed by atoms with Gasteiger partial charge < -0.3 is 4.74 Å². The predicted octanol–water partition coefficient (Wildman–Crippen LogP) is 4.10. The lowest BCUT2D eigenvalue weighted by atomic mass is 9.93. The number of ketones is 1. The lowest BCUT2D eigenvalue weighted by Gasteiger charge is -2.21. The molecule has 0 bridgehead atoms. The summed E-state index contributed by atoms with van der Waals surface area (Å²) in [5, 5.41) is 0. The van der Waals surface area contributed by atoms with Crippen LogP contribution in [0.15, 0.2) is 42.0 Å². The van der Waals surface area contributed by atoms with Crippen molar-refractivity contribution < 1.29 is 13.9 Å². The van der Waals surface area contributed by atoms with Gasteiger partial charge >= 0.3 is 0 Å². The molecule has 0 spiro atoms. The molecule has 2 aromatic rings. The largest absolute Gasteiger partial charge is 0.488 e. The minimum Gasteiger partial charge on any atom is -0.488 e. The number of ether oxygens (including phenoxy) is 1. The quantitative estimate of drug-likeness (QED) is 0.736. The maximum Gasteiger partial charge on any atom is 0.196 e. The molecule has 0 aliphatic carbocycles. The summed E-state index contributed by atoms with van der Waals surface area (Å²) >= 11 is 0. The number of Topliss-reactive ketones (excluding diaryl/α,β-unsaturated/α-hetero) is 1. The van der Waals surface area contributed by atoms with Crippen LogP contribution in [0.4, 0.5) is 4.39 Å². The molecule has 1 aliphatic heterocycles. The van der Waals surface area contributed by atoms with Gasteiger partial charge in [-0.05, 0) is 54.8 Å². The second-order valence-electron chi connectivity index (χ2n) is 5.29. The van der Waals surface area contributed by atoms with Gasteiger partial charge in [-0.1, -0.05) is 18.2 Å². The topological polar surface area (TPSA) is 26.3 Å². The Morgan fingerprint density at radius 3 is 2.57 bits per heavy atom. The second-order valence-corrected chi connectivity index (χ2v) is 5.29. The first-order valence-corrected chi connectivity index (χ1v) is 6.79. The van der Waals surface area contributed by atoms with Crippen LogP contribution in [0.25, 0.3) is 6.08 Å². The van der Waals surface area contributed by atoms with Crippen molar-refractivity contribution in [3.8, 4) is 5.75 Å². The van der Waals surface area contributed by atoms with E-state index in [2.05, 4.69) is 0 Å². The van der Waals surface area contributed by atoms with Crippen LogP contribution in [0.1, 0.15) is 27.0 Å². The van der Waals surface area contributed by atoms with E-state index in [1.807, 2.05) is 26.0 Å². The van der Waals surface area contributed by atoms with Crippen molar-refractivity contribution in [2.75, 3.05) is 6.61 Å². The predicted molar refractivity (Wildman–Crippen MR) is 80.1 cm³/mol. The highest BCUT2D eigenvalue weighted by molar-refractivity contribution is 6.14. The molecule has 106 valence electrons. The Morgan fingerprint density at radius 1 is 1.14 bits per heavy atom. The van der Waals surface area contributed by atoms with Gasteiger partial charge in [0, 0.05) is 5.57 Å². The summed E-state index contributed by atoms with van der Waals surface area (Å²) in [6.45, 7) is 4.13. The first kappa shape index (κ1) is 13.6. The van der Waals surface area contributed by atoms with E-state index < -0.39 is 0 Å². The standard InChI is InChI=1S/C18H15FO2/c1-11-7-12(2)17-16(8-11)21-10-14(18(17)20)9-13-3-5-15(19)6-4-13/h3-9H,10H2,1-2H3/b14-9+. The van der Waals surface area contributed by atoms with Gasteiger partial charge in [0.25, 0.3) is 0 Å². The van der Waals surface area contributed by atoms with Gasteiger partial charge in [-0.25, -0.2) is 4.39 Å². The van der Waals surface area contributed by atoms with E-state index in [-0.39, 0.29) is 18.2 Å². The molecule has 0 saturated heterocycles. The van der Waals surface area contributed by atoms with Crippen molar-refractivity contribution in [3.63, 3.8) is 0 Å². The van der Waals surface area contributed by atoms with E-state index in [9.17, 15) is 9.18 Å². The SMILES string of the molecule is Cc1cc(C)c2c(c1)OC/C(=C\c1ccc(F)cc1)C2=O. The number of halogens is 1. The molecule has 0 N–H and O–H groups in total. The minimum absolute atomic E-state index is 0.0157. The zero-order valence-electron chi connectivity index (χ0n) is 11.9. The number of aryl methyl sites for hydroxylation is 2. The van der Waals surface area contributed by atoms with Gasteiger partial charge in [0.15, 0.2) is 5.78 Å². The molecular formula is C18H15FO2. The molecule has 0 aromatic heterocycles. The third-order valence-corrected chi connectivity index (χ3v) is 3.56. The van der Waals surface area contributed by atoms with Crippen molar-refractivity contribution in [3.05, 3.63) is 70.0 Å². The van der Waals surface area contributed by atoms with Crippen LogP contribution in [-0.4, -0.2) is 12.4 Å². The number of benzene rings is 2. The monoisotopic (exact) mass is 282 g/mol. The van der Waals surface area contributed by atoms with E-state index in [1.54, 1.807) is 18.2 Å². The molecule has 0 atom stereocenters. The summed E-state index contributed by atoms with van der Waals surface area (Å²) in [5.74, 6) is 0.340. The van der Waals surface area contributed by atoms with Crippen molar-refractivity contribution in [1.82, 2.24) is 0 Å². The van der Waals surface area contributed by atoms with E-state index in [1.165, 1.54) is 12.1 Å². The Kier molecular flexibility index (Phi) is 3.34. The highest BCUT2D eigenvalue weighted by Crippen LogP contribution is 2.31. The summed E-state index contributed by atoms with van der Waals surface area (Å²) < 4.78 is 18.6. The molecule has 0 unspecified atom stereocenters.